The van der Waals surface area contributed by atoms with Gasteiger partial charge in [0.1, 0.15) is 5.65 Å². The summed E-state index contributed by atoms with van der Waals surface area (Å²) in [6.45, 7) is 9.45. The van der Waals surface area contributed by atoms with Crippen molar-refractivity contribution in [3.63, 3.8) is 0 Å². The van der Waals surface area contributed by atoms with E-state index in [0.717, 1.165) is 48.6 Å². The number of hydrogen-bond donors (Lipinski definition) is 1. The largest absolute Gasteiger partial charge is 0.398 e. The number of nitrogens with two attached hydrogens (primary N) is 1. The van der Waals surface area contributed by atoms with Gasteiger partial charge in [0.05, 0.1) is 11.4 Å². The van der Waals surface area contributed by atoms with E-state index in [0.29, 0.717) is 0 Å². The number of nitrogens with zero attached hydrogens (tertiary/aromatic N) is 3. The molecule has 0 aliphatic rings. The van der Waals surface area contributed by atoms with Gasteiger partial charge in [-0.1, -0.05) is 45.0 Å². The van der Waals surface area contributed by atoms with Crippen LogP contribution in [-0.4, -0.2) is 27.4 Å². The molecule has 0 fully saturated rings. The van der Waals surface area contributed by atoms with Crippen molar-refractivity contribution in [2.45, 2.75) is 33.7 Å². The fourth-order valence-electron chi connectivity index (χ4n) is 3.05. The highest BCUT2D eigenvalue weighted by atomic mass is 15.1. The van der Waals surface area contributed by atoms with Gasteiger partial charge >= 0.3 is 0 Å². The Morgan fingerprint density at radius 2 is 1.71 bits per heavy atom. The average Bonchev–Trinajstić information content (AvgIpc) is 2.97. The maximum atomic E-state index is 6.01. The van der Waals surface area contributed by atoms with Crippen molar-refractivity contribution in [3.8, 4) is 11.3 Å². The molecule has 126 valence electrons. The molecule has 0 bridgehead atoms. The first-order valence-electron chi connectivity index (χ1n) is 8.74. The highest BCUT2D eigenvalue weighted by molar-refractivity contribution is 5.67. The Morgan fingerprint density at radius 1 is 1.00 bits per heavy atom. The van der Waals surface area contributed by atoms with Gasteiger partial charge in [-0.05, 0) is 37.2 Å². The molecule has 0 spiro atoms. The van der Waals surface area contributed by atoms with E-state index in [4.69, 9.17) is 10.7 Å². The van der Waals surface area contributed by atoms with E-state index >= 15 is 0 Å². The van der Waals surface area contributed by atoms with Gasteiger partial charge in [-0.3, -0.25) is 4.90 Å². The molecule has 2 heterocycles. The number of nitrogen functional groups attached to an aromatic ring is 1. The van der Waals surface area contributed by atoms with Crippen LogP contribution in [0, 0.1) is 0 Å². The van der Waals surface area contributed by atoms with Gasteiger partial charge in [0.2, 0.25) is 0 Å². The van der Waals surface area contributed by atoms with Gasteiger partial charge in [-0.15, -0.1) is 0 Å². The number of aromatic nitrogens is 2. The predicted octanol–water partition coefficient (Wildman–Crippen LogP) is 3.99. The van der Waals surface area contributed by atoms with Crippen LogP contribution in [0.4, 0.5) is 5.69 Å². The molecule has 4 heteroatoms. The summed E-state index contributed by atoms with van der Waals surface area (Å²) >= 11 is 0. The zero-order chi connectivity index (χ0) is 17.1. The SMILES string of the molecule is CCc1ccc(-c2nc3ccc(N)cn3c2CN(CC)CC)cc1. The summed E-state index contributed by atoms with van der Waals surface area (Å²) in [4.78, 5) is 7.28. The summed E-state index contributed by atoms with van der Waals surface area (Å²) in [5, 5.41) is 0. The molecule has 1 aromatic carbocycles. The zero-order valence-electron chi connectivity index (χ0n) is 14.8. The number of fused-ring (bicyclic) bond motifs is 1. The second-order valence-corrected chi connectivity index (χ2v) is 6.11. The topological polar surface area (TPSA) is 46.6 Å². The minimum absolute atomic E-state index is 0.758. The summed E-state index contributed by atoms with van der Waals surface area (Å²) in [6, 6.07) is 12.6. The standard InChI is InChI=1S/C20H26N4/c1-4-15-7-9-16(10-8-15)20-18(14-23(5-2)6-3)24-13-17(21)11-12-19(24)22-20/h7-13H,4-6,14,21H2,1-3H3. The minimum atomic E-state index is 0.758. The Bertz CT molecular complexity index is 814. The molecular formula is C20H26N4. The Morgan fingerprint density at radius 3 is 2.33 bits per heavy atom. The van der Waals surface area contributed by atoms with Crippen LogP contribution < -0.4 is 5.73 Å². The van der Waals surface area contributed by atoms with Crippen molar-refractivity contribution in [1.29, 1.82) is 0 Å². The van der Waals surface area contributed by atoms with Crippen molar-refractivity contribution in [3.05, 3.63) is 53.9 Å². The molecule has 4 nitrogen and oxygen atoms in total. The van der Waals surface area contributed by atoms with Gasteiger partial charge in [0, 0.05) is 24.0 Å². The maximum absolute atomic E-state index is 6.01. The third-order valence-corrected chi connectivity index (χ3v) is 4.64. The molecular weight excluding hydrogens is 296 g/mol. The van der Waals surface area contributed by atoms with Gasteiger partial charge < -0.3 is 10.1 Å². The molecule has 2 N–H and O–H groups in total. The smallest absolute Gasteiger partial charge is 0.137 e. The first-order chi connectivity index (χ1) is 11.7. The Labute approximate surface area is 143 Å². The van der Waals surface area contributed by atoms with Crippen molar-refractivity contribution < 1.29 is 0 Å². The summed E-state index contributed by atoms with van der Waals surface area (Å²) in [7, 11) is 0. The van der Waals surface area contributed by atoms with Crippen molar-refractivity contribution >= 4 is 11.3 Å². The van der Waals surface area contributed by atoms with E-state index in [2.05, 4.69) is 54.3 Å². The Hall–Kier alpha value is -2.33. The summed E-state index contributed by atoms with van der Waals surface area (Å²) < 4.78 is 2.14. The summed E-state index contributed by atoms with van der Waals surface area (Å²) in [5.74, 6) is 0. The van der Waals surface area contributed by atoms with Gasteiger partial charge in [0.25, 0.3) is 0 Å². The Kier molecular flexibility index (Phi) is 4.86. The van der Waals surface area contributed by atoms with Crippen LogP contribution in [-0.2, 0) is 13.0 Å². The first kappa shape index (κ1) is 16.5. The maximum Gasteiger partial charge on any atom is 0.137 e. The number of pyridine rings is 1. The molecule has 0 amide bonds. The van der Waals surface area contributed by atoms with Gasteiger partial charge in [-0.25, -0.2) is 4.98 Å². The molecule has 3 rings (SSSR count). The second kappa shape index (κ2) is 7.05. The summed E-state index contributed by atoms with van der Waals surface area (Å²) in [6.07, 6.45) is 3.03. The molecule has 0 saturated carbocycles. The van der Waals surface area contributed by atoms with Crippen LogP contribution in [0.25, 0.3) is 16.9 Å². The van der Waals surface area contributed by atoms with E-state index in [9.17, 15) is 0 Å². The lowest BCUT2D eigenvalue weighted by molar-refractivity contribution is 0.292. The van der Waals surface area contributed by atoms with E-state index in [1.807, 2.05) is 18.3 Å². The summed E-state index contributed by atoms with van der Waals surface area (Å²) in [5.41, 5.74) is 12.5. The predicted molar refractivity (Wildman–Crippen MR) is 101 cm³/mol. The van der Waals surface area contributed by atoms with Gasteiger partial charge in [0.15, 0.2) is 0 Å². The van der Waals surface area contributed by atoms with Crippen LogP contribution in [0.5, 0.6) is 0 Å². The molecule has 0 aliphatic heterocycles. The lowest BCUT2D eigenvalue weighted by Gasteiger charge is -2.18. The number of benzene rings is 1. The number of anilines is 1. The van der Waals surface area contributed by atoms with Crippen LogP contribution in [0.3, 0.4) is 0 Å². The number of rotatable bonds is 6. The molecule has 0 unspecified atom stereocenters. The number of hydrogen-bond acceptors (Lipinski definition) is 3. The van der Waals surface area contributed by atoms with Crippen LogP contribution >= 0.6 is 0 Å². The molecule has 3 aromatic rings. The van der Waals surface area contributed by atoms with Crippen LogP contribution in [0.15, 0.2) is 42.6 Å². The number of imidazole rings is 1. The van der Waals surface area contributed by atoms with Gasteiger partial charge in [-0.2, -0.15) is 0 Å². The Balaban J connectivity index is 2.14. The van der Waals surface area contributed by atoms with Crippen molar-refractivity contribution in [1.82, 2.24) is 14.3 Å². The van der Waals surface area contributed by atoms with E-state index < -0.39 is 0 Å². The third kappa shape index (κ3) is 3.15. The molecule has 0 saturated heterocycles. The number of aryl methyl sites for hydroxylation is 1. The van der Waals surface area contributed by atoms with Crippen molar-refractivity contribution in [2.75, 3.05) is 18.8 Å². The monoisotopic (exact) mass is 322 g/mol. The van der Waals surface area contributed by atoms with Crippen LogP contribution in [0.1, 0.15) is 32.0 Å². The highest BCUT2D eigenvalue weighted by Crippen LogP contribution is 2.27. The fraction of sp³-hybridized carbons (Fsp3) is 0.350. The molecule has 0 radical (unpaired) electrons. The third-order valence-electron chi connectivity index (χ3n) is 4.64. The lowest BCUT2D eigenvalue weighted by Crippen LogP contribution is -2.23. The molecule has 2 aromatic heterocycles. The quantitative estimate of drug-likeness (QED) is 0.746. The average molecular weight is 322 g/mol. The van der Waals surface area contributed by atoms with E-state index in [1.54, 1.807) is 0 Å². The van der Waals surface area contributed by atoms with Crippen LogP contribution in [0.2, 0.25) is 0 Å². The lowest BCUT2D eigenvalue weighted by atomic mass is 10.1. The van der Waals surface area contributed by atoms with E-state index in [1.165, 1.54) is 11.3 Å². The normalized spacial score (nSPS) is 11.5. The molecule has 0 aliphatic carbocycles. The van der Waals surface area contributed by atoms with E-state index in [-0.39, 0.29) is 0 Å². The zero-order valence-corrected chi connectivity index (χ0v) is 14.8. The second-order valence-electron chi connectivity index (χ2n) is 6.11. The fourth-order valence-corrected chi connectivity index (χ4v) is 3.05. The first-order valence-corrected chi connectivity index (χ1v) is 8.74. The molecule has 24 heavy (non-hydrogen) atoms. The molecule has 0 atom stereocenters. The highest BCUT2D eigenvalue weighted by Gasteiger charge is 2.16. The minimum Gasteiger partial charge on any atom is -0.398 e. The van der Waals surface area contributed by atoms with Crippen molar-refractivity contribution in [2.24, 2.45) is 0 Å².